The Morgan fingerprint density at radius 3 is 2.65 bits per heavy atom. The minimum absolute atomic E-state index is 0.264. The van der Waals surface area contributed by atoms with Gasteiger partial charge < -0.3 is 19.3 Å². The molecule has 7 nitrogen and oxygen atoms in total. The Hall–Kier alpha value is -4.40. The van der Waals surface area contributed by atoms with Crippen molar-refractivity contribution in [1.29, 1.82) is 0 Å². The maximum atomic E-state index is 14.9. The number of ketones is 1. The Morgan fingerprint density at radius 1 is 1.08 bits per heavy atom. The van der Waals surface area contributed by atoms with E-state index in [1.807, 2.05) is 0 Å². The molecule has 0 saturated carbocycles. The molecule has 37 heavy (non-hydrogen) atoms. The first kappa shape index (κ1) is 24.3. The van der Waals surface area contributed by atoms with Crippen molar-refractivity contribution in [2.75, 3.05) is 25.2 Å². The van der Waals surface area contributed by atoms with Gasteiger partial charge in [-0.15, -0.1) is 0 Å². The summed E-state index contributed by atoms with van der Waals surface area (Å²) in [7, 11) is 1.46. The summed E-state index contributed by atoms with van der Waals surface area (Å²) >= 11 is 0. The molecule has 3 aromatic carbocycles. The highest BCUT2D eigenvalue weighted by Gasteiger charge is 2.48. The van der Waals surface area contributed by atoms with E-state index in [4.69, 9.17) is 14.2 Å². The Bertz CT molecular complexity index is 1450. The summed E-state index contributed by atoms with van der Waals surface area (Å²) in [6, 6.07) is 11.0. The van der Waals surface area contributed by atoms with Crippen molar-refractivity contribution in [1.82, 2.24) is 0 Å². The number of ether oxygens (including phenoxy) is 3. The predicted molar refractivity (Wildman–Crippen MR) is 131 cm³/mol. The van der Waals surface area contributed by atoms with Gasteiger partial charge >= 0.3 is 0 Å². The number of rotatable bonds is 6. The fourth-order valence-corrected chi connectivity index (χ4v) is 4.69. The Labute approximate surface area is 211 Å². The van der Waals surface area contributed by atoms with E-state index >= 15 is 0 Å². The third-order valence-corrected chi connectivity index (χ3v) is 6.38. The maximum absolute atomic E-state index is 14.9. The number of Topliss-reactive ketones (excluding diaryl/α,β-unsaturated/α-hetero) is 1. The molecule has 2 aliphatic rings. The van der Waals surface area contributed by atoms with Gasteiger partial charge in [0.05, 0.1) is 37.6 Å². The number of hydrogen-bond acceptors (Lipinski definition) is 6. The molecule has 0 aromatic heterocycles. The molecule has 0 spiro atoms. The smallest absolute Gasteiger partial charge is 0.300 e. The molecule has 9 heteroatoms. The summed E-state index contributed by atoms with van der Waals surface area (Å²) in [6.07, 6.45) is 0.624. The third kappa shape index (κ3) is 4.16. The van der Waals surface area contributed by atoms with E-state index in [9.17, 15) is 23.5 Å². The van der Waals surface area contributed by atoms with Crippen LogP contribution in [0.15, 0.2) is 60.2 Å². The number of aliphatic hydroxyl groups excluding tert-OH is 1. The number of fused-ring (bicyclic) bond motifs is 1. The van der Waals surface area contributed by atoms with Gasteiger partial charge in [0.2, 0.25) is 0 Å². The van der Waals surface area contributed by atoms with E-state index in [0.717, 1.165) is 28.7 Å². The summed E-state index contributed by atoms with van der Waals surface area (Å²) in [5.41, 5.74) is 0.778. The van der Waals surface area contributed by atoms with Crippen LogP contribution in [-0.4, -0.2) is 37.1 Å². The van der Waals surface area contributed by atoms with Crippen LogP contribution in [-0.2, 0) is 16.0 Å². The highest BCUT2D eigenvalue weighted by atomic mass is 19.1. The molecule has 190 valence electrons. The molecule has 2 heterocycles. The highest BCUT2D eigenvalue weighted by Crippen LogP contribution is 2.45. The van der Waals surface area contributed by atoms with Crippen LogP contribution in [0.1, 0.15) is 29.7 Å². The van der Waals surface area contributed by atoms with Crippen LogP contribution in [0.25, 0.3) is 5.76 Å². The lowest BCUT2D eigenvalue weighted by molar-refractivity contribution is -0.132. The molecular formula is C28H23F2NO6. The Kier molecular flexibility index (Phi) is 6.29. The number of methoxy groups -OCH3 is 1. The zero-order chi connectivity index (χ0) is 26.3. The van der Waals surface area contributed by atoms with Gasteiger partial charge in [0.25, 0.3) is 11.7 Å². The van der Waals surface area contributed by atoms with Gasteiger partial charge in [-0.05, 0) is 60.5 Å². The molecule has 0 bridgehead atoms. The average molecular weight is 507 g/mol. The van der Waals surface area contributed by atoms with E-state index in [1.54, 1.807) is 43.3 Å². The van der Waals surface area contributed by atoms with E-state index in [-0.39, 0.29) is 5.57 Å². The zero-order valence-electron chi connectivity index (χ0n) is 20.1. The van der Waals surface area contributed by atoms with Crippen molar-refractivity contribution in [2.45, 2.75) is 19.4 Å². The molecule has 2 aliphatic heterocycles. The second-order valence-corrected chi connectivity index (χ2v) is 8.53. The number of halogens is 2. The quantitative estimate of drug-likeness (QED) is 0.289. The van der Waals surface area contributed by atoms with Gasteiger partial charge in [0, 0.05) is 18.1 Å². The summed E-state index contributed by atoms with van der Waals surface area (Å²) in [5, 5.41) is 11.3. The van der Waals surface area contributed by atoms with Gasteiger partial charge in [-0.1, -0.05) is 6.07 Å². The van der Waals surface area contributed by atoms with Gasteiger partial charge in [-0.3, -0.25) is 14.5 Å². The number of aliphatic hydroxyl groups is 1. The SMILES string of the molecule is CCOc1cc(C2/C(=C(\O)c3ccc4c(c3)CCO4)C(=O)C(=O)N2c2cc(F)ccc2F)ccc1OC. The van der Waals surface area contributed by atoms with Gasteiger partial charge in [0.15, 0.2) is 11.5 Å². The minimum atomic E-state index is -1.27. The predicted octanol–water partition coefficient (Wildman–Crippen LogP) is 4.93. The van der Waals surface area contributed by atoms with Crippen molar-refractivity contribution in [3.8, 4) is 17.2 Å². The number of carbonyl (C=O) groups excluding carboxylic acids is 2. The largest absolute Gasteiger partial charge is 0.507 e. The van der Waals surface area contributed by atoms with E-state index in [2.05, 4.69) is 0 Å². The Balaban J connectivity index is 1.74. The average Bonchev–Trinajstić information content (AvgIpc) is 3.47. The van der Waals surface area contributed by atoms with Crippen LogP contribution in [0.4, 0.5) is 14.5 Å². The zero-order valence-corrected chi connectivity index (χ0v) is 20.1. The van der Waals surface area contributed by atoms with Crippen LogP contribution in [0.5, 0.6) is 17.2 Å². The minimum Gasteiger partial charge on any atom is -0.507 e. The second kappa shape index (κ2) is 9.57. The van der Waals surface area contributed by atoms with Crippen molar-refractivity contribution < 1.29 is 37.7 Å². The fourth-order valence-electron chi connectivity index (χ4n) is 4.69. The number of nitrogens with zero attached hydrogens (tertiary/aromatic N) is 1. The van der Waals surface area contributed by atoms with Crippen LogP contribution < -0.4 is 19.1 Å². The molecule has 0 aliphatic carbocycles. The molecule has 1 atom stereocenters. The molecule has 1 amide bonds. The summed E-state index contributed by atoms with van der Waals surface area (Å²) in [5.74, 6) is -2.87. The van der Waals surface area contributed by atoms with Crippen molar-refractivity contribution >= 4 is 23.1 Å². The maximum Gasteiger partial charge on any atom is 0.300 e. The third-order valence-electron chi connectivity index (χ3n) is 6.38. The summed E-state index contributed by atoms with van der Waals surface area (Å²) in [6.45, 7) is 2.57. The van der Waals surface area contributed by atoms with Gasteiger partial charge in [0.1, 0.15) is 23.1 Å². The van der Waals surface area contributed by atoms with E-state index < -0.39 is 40.8 Å². The van der Waals surface area contributed by atoms with Crippen LogP contribution >= 0.6 is 0 Å². The lowest BCUT2D eigenvalue weighted by Gasteiger charge is -2.26. The van der Waals surface area contributed by atoms with Crippen LogP contribution in [0, 0.1) is 11.6 Å². The highest BCUT2D eigenvalue weighted by molar-refractivity contribution is 6.51. The molecule has 5 rings (SSSR count). The number of carbonyl (C=O) groups is 2. The first-order valence-electron chi connectivity index (χ1n) is 11.7. The summed E-state index contributed by atoms with van der Waals surface area (Å²) < 4.78 is 45.6. The molecule has 1 saturated heterocycles. The molecule has 1 fully saturated rings. The number of hydrogen-bond donors (Lipinski definition) is 1. The van der Waals surface area contributed by atoms with Crippen molar-refractivity contribution in [3.05, 3.63) is 88.5 Å². The van der Waals surface area contributed by atoms with Gasteiger partial charge in [-0.25, -0.2) is 8.78 Å². The molecule has 3 aromatic rings. The number of benzene rings is 3. The lowest BCUT2D eigenvalue weighted by Crippen LogP contribution is -2.30. The standard InChI is InChI=1S/C28H23F2NO6/c1-3-36-23-13-16(4-9-22(23)35-2)25-24(26(32)17-5-8-21-15(12-17)10-11-37-21)27(33)28(34)31(25)20-14-18(29)6-7-19(20)30/h4-9,12-14,25,32H,3,10-11H2,1-2H3/b26-24+. The van der Waals surface area contributed by atoms with E-state index in [0.29, 0.717) is 48.0 Å². The molecule has 1 N–H and O–H groups in total. The second-order valence-electron chi connectivity index (χ2n) is 8.53. The van der Waals surface area contributed by atoms with Gasteiger partial charge in [-0.2, -0.15) is 0 Å². The van der Waals surface area contributed by atoms with Crippen LogP contribution in [0.3, 0.4) is 0 Å². The van der Waals surface area contributed by atoms with E-state index in [1.165, 1.54) is 7.11 Å². The first-order valence-corrected chi connectivity index (χ1v) is 11.7. The first-order chi connectivity index (χ1) is 17.8. The summed E-state index contributed by atoms with van der Waals surface area (Å²) in [4.78, 5) is 27.5. The van der Waals surface area contributed by atoms with Crippen LogP contribution in [0.2, 0.25) is 0 Å². The fraction of sp³-hybridized carbons (Fsp3) is 0.214. The van der Waals surface area contributed by atoms with Crippen molar-refractivity contribution in [3.63, 3.8) is 0 Å². The van der Waals surface area contributed by atoms with Crippen molar-refractivity contribution in [2.24, 2.45) is 0 Å². The molecule has 1 unspecified atom stereocenters. The Morgan fingerprint density at radius 2 is 1.89 bits per heavy atom. The topological polar surface area (TPSA) is 85.3 Å². The normalized spacial score (nSPS) is 18.1. The molecular weight excluding hydrogens is 484 g/mol. The monoisotopic (exact) mass is 507 g/mol. The number of amides is 1. The lowest BCUT2D eigenvalue weighted by atomic mass is 9.94. The molecule has 0 radical (unpaired) electrons. The number of anilines is 1.